The molecule has 8 heteroatoms. The van der Waals surface area contributed by atoms with Crippen LogP contribution < -0.4 is 10.2 Å². The number of morpholine rings is 1. The van der Waals surface area contributed by atoms with Crippen LogP contribution in [0.4, 0.5) is 11.9 Å². The van der Waals surface area contributed by atoms with Crippen molar-refractivity contribution in [2.24, 2.45) is 0 Å². The van der Waals surface area contributed by atoms with Gasteiger partial charge in [-0.3, -0.25) is 0 Å². The van der Waals surface area contributed by atoms with E-state index in [4.69, 9.17) is 21.6 Å². The van der Waals surface area contributed by atoms with E-state index in [-0.39, 0.29) is 5.28 Å². The van der Waals surface area contributed by atoms with Crippen molar-refractivity contribution >= 4 is 23.5 Å². The molecule has 0 spiro atoms. The Morgan fingerprint density at radius 2 is 2.00 bits per heavy atom. The fraction of sp³-hybridized carbons (Fsp3) is 0.636. The maximum absolute atomic E-state index is 9.00. The van der Waals surface area contributed by atoms with Crippen molar-refractivity contribution in [3.63, 3.8) is 0 Å². The Kier molecular flexibility index (Phi) is 4.02. The van der Waals surface area contributed by atoms with E-state index in [2.05, 4.69) is 26.3 Å². The predicted octanol–water partition coefficient (Wildman–Crippen LogP) is 1.08. The molecule has 2 heterocycles. The van der Waals surface area contributed by atoms with E-state index in [1.54, 1.807) is 13.8 Å². The smallest absolute Gasteiger partial charge is 0.231 e. The second-order valence-electron chi connectivity index (χ2n) is 4.69. The third kappa shape index (κ3) is 3.66. The number of nitrogens with one attached hydrogen (secondary N) is 1. The molecular formula is C11H15ClN6O. The minimum atomic E-state index is -0.771. The van der Waals surface area contributed by atoms with Gasteiger partial charge in [0.2, 0.25) is 17.2 Å². The van der Waals surface area contributed by atoms with Crippen LogP contribution in [-0.4, -0.2) is 46.8 Å². The van der Waals surface area contributed by atoms with Crippen molar-refractivity contribution in [3.8, 4) is 6.07 Å². The Balaban J connectivity index is 2.22. The van der Waals surface area contributed by atoms with Crippen molar-refractivity contribution in [2.45, 2.75) is 19.4 Å². The number of anilines is 2. The number of halogens is 1. The fourth-order valence-corrected chi connectivity index (χ4v) is 1.76. The predicted molar refractivity (Wildman–Crippen MR) is 71.2 cm³/mol. The summed E-state index contributed by atoms with van der Waals surface area (Å²) in [7, 11) is 0. The van der Waals surface area contributed by atoms with E-state index in [0.717, 1.165) is 0 Å². The summed E-state index contributed by atoms with van der Waals surface area (Å²) in [6.45, 7) is 6.16. The summed E-state index contributed by atoms with van der Waals surface area (Å²) >= 11 is 5.90. The van der Waals surface area contributed by atoms with Gasteiger partial charge in [-0.1, -0.05) is 0 Å². The lowest BCUT2D eigenvalue weighted by Crippen LogP contribution is -2.38. The summed E-state index contributed by atoms with van der Waals surface area (Å²) in [5.74, 6) is 0.799. The second-order valence-corrected chi connectivity index (χ2v) is 5.03. The first kappa shape index (κ1) is 13.8. The summed E-state index contributed by atoms with van der Waals surface area (Å²) in [6, 6.07) is 2.12. The number of aromatic nitrogens is 3. The van der Waals surface area contributed by atoms with Crippen LogP contribution in [0.2, 0.25) is 5.28 Å². The topological polar surface area (TPSA) is 87.0 Å². The average molecular weight is 283 g/mol. The van der Waals surface area contributed by atoms with Gasteiger partial charge in [0.05, 0.1) is 19.3 Å². The van der Waals surface area contributed by atoms with Crippen LogP contribution in [0.3, 0.4) is 0 Å². The standard InChI is InChI=1S/C11H15ClN6O/c1-11(2,7-13)17-9-14-8(12)15-10(16-9)18-3-5-19-6-4-18/h3-6H2,1-2H3,(H,14,15,16,17). The second kappa shape index (κ2) is 5.55. The number of rotatable bonds is 3. The average Bonchev–Trinajstić information content (AvgIpc) is 2.38. The summed E-state index contributed by atoms with van der Waals surface area (Å²) in [5, 5.41) is 12.0. The molecule has 0 unspecified atom stereocenters. The van der Waals surface area contributed by atoms with Crippen molar-refractivity contribution in [2.75, 3.05) is 36.5 Å². The fourth-order valence-electron chi connectivity index (χ4n) is 1.61. The summed E-state index contributed by atoms with van der Waals surface area (Å²) in [6.07, 6.45) is 0. The molecule has 1 aliphatic rings. The normalized spacial score (nSPS) is 16.0. The molecular weight excluding hydrogens is 268 g/mol. The maximum Gasteiger partial charge on any atom is 0.231 e. The molecule has 19 heavy (non-hydrogen) atoms. The molecule has 0 saturated carbocycles. The number of ether oxygens (including phenoxy) is 1. The van der Waals surface area contributed by atoms with Crippen molar-refractivity contribution in [1.29, 1.82) is 5.26 Å². The molecule has 1 N–H and O–H groups in total. The van der Waals surface area contributed by atoms with Crippen molar-refractivity contribution in [3.05, 3.63) is 5.28 Å². The van der Waals surface area contributed by atoms with E-state index in [1.165, 1.54) is 0 Å². The van der Waals surface area contributed by atoms with Gasteiger partial charge in [-0.2, -0.15) is 20.2 Å². The van der Waals surface area contributed by atoms with Crippen LogP contribution in [0, 0.1) is 11.3 Å². The van der Waals surface area contributed by atoms with Gasteiger partial charge in [-0.05, 0) is 25.4 Å². The monoisotopic (exact) mass is 282 g/mol. The zero-order valence-electron chi connectivity index (χ0n) is 10.9. The van der Waals surface area contributed by atoms with Crippen LogP contribution >= 0.6 is 11.6 Å². The molecule has 1 fully saturated rings. The highest BCUT2D eigenvalue weighted by Gasteiger charge is 2.20. The van der Waals surface area contributed by atoms with Gasteiger partial charge in [0.15, 0.2) is 0 Å². The molecule has 0 aromatic carbocycles. The molecule has 1 saturated heterocycles. The Bertz CT molecular complexity index is 494. The Morgan fingerprint density at radius 1 is 1.32 bits per heavy atom. The first-order valence-corrected chi connectivity index (χ1v) is 6.32. The SMILES string of the molecule is CC(C)(C#N)Nc1nc(Cl)nc(N2CCOCC2)n1. The highest BCUT2D eigenvalue weighted by molar-refractivity contribution is 6.28. The number of nitrogens with zero attached hydrogens (tertiary/aromatic N) is 5. The van der Waals surface area contributed by atoms with Gasteiger partial charge in [-0.25, -0.2) is 0 Å². The lowest BCUT2D eigenvalue weighted by molar-refractivity contribution is 0.122. The van der Waals surface area contributed by atoms with Crippen LogP contribution in [0.25, 0.3) is 0 Å². The Labute approximate surface area is 116 Å². The van der Waals surface area contributed by atoms with Crippen LogP contribution in [-0.2, 0) is 4.74 Å². The van der Waals surface area contributed by atoms with Gasteiger partial charge in [0.1, 0.15) is 5.54 Å². The van der Waals surface area contributed by atoms with Gasteiger partial charge >= 0.3 is 0 Å². The van der Waals surface area contributed by atoms with E-state index in [0.29, 0.717) is 38.2 Å². The molecule has 102 valence electrons. The van der Waals surface area contributed by atoms with E-state index >= 15 is 0 Å². The van der Waals surface area contributed by atoms with Gasteiger partial charge in [0.25, 0.3) is 0 Å². The molecule has 1 aromatic heterocycles. The van der Waals surface area contributed by atoms with E-state index in [9.17, 15) is 0 Å². The molecule has 0 radical (unpaired) electrons. The highest BCUT2D eigenvalue weighted by atomic mass is 35.5. The zero-order valence-corrected chi connectivity index (χ0v) is 11.6. The van der Waals surface area contributed by atoms with Crippen LogP contribution in [0.15, 0.2) is 0 Å². The Morgan fingerprint density at radius 3 is 2.63 bits per heavy atom. The van der Waals surface area contributed by atoms with Crippen molar-refractivity contribution < 1.29 is 4.74 Å². The number of nitriles is 1. The molecule has 2 rings (SSSR count). The molecule has 1 aliphatic heterocycles. The Hall–Kier alpha value is -1.65. The van der Waals surface area contributed by atoms with Crippen molar-refractivity contribution in [1.82, 2.24) is 15.0 Å². The van der Waals surface area contributed by atoms with E-state index in [1.807, 2.05) is 4.90 Å². The molecule has 0 atom stereocenters. The highest BCUT2D eigenvalue weighted by Crippen LogP contribution is 2.17. The number of hydrogen-bond acceptors (Lipinski definition) is 7. The van der Waals surface area contributed by atoms with Gasteiger partial charge < -0.3 is 15.0 Å². The minimum Gasteiger partial charge on any atom is -0.378 e. The summed E-state index contributed by atoms with van der Waals surface area (Å²) < 4.78 is 5.28. The lowest BCUT2D eigenvalue weighted by atomic mass is 10.1. The van der Waals surface area contributed by atoms with Gasteiger partial charge in [0, 0.05) is 13.1 Å². The molecule has 0 amide bonds. The molecule has 0 bridgehead atoms. The maximum atomic E-state index is 9.00. The minimum absolute atomic E-state index is 0.104. The number of hydrogen-bond donors (Lipinski definition) is 1. The first-order chi connectivity index (χ1) is 9.00. The summed E-state index contributed by atoms with van der Waals surface area (Å²) in [4.78, 5) is 14.4. The molecule has 0 aliphatic carbocycles. The van der Waals surface area contributed by atoms with Crippen LogP contribution in [0.1, 0.15) is 13.8 Å². The largest absolute Gasteiger partial charge is 0.378 e. The lowest BCUT2D eigenvalue weighted by Gasteiger charge is -2.27. The van der Waals surface area contributed by atoms with Gasteiger partial charge in [-0.15, -0.1) is 0 Å². The van der Waals surface area contributed by atoms with E-state index < -0.39 is 5.54 Å². The first-order valence-electron chi connectivity index (χ1n) is 5.94. The van der Waals surface area contributed by atoms with Crippen LogP contribution in [0.5, 0.6) is 0 Å². The zero-order chi connectivity index (χ0) is 13.9. The summed E-state index contributed by atoms with van der Waals surface area (Å²) in [5.41, 5.74) is -0.771. The molecule has 7 nitrogen and oxygen atoms in total. The third-order valence-corrected chi connectivity index (χ3v) is 2.76. The quantitative estimate of drug-likeness (QED) is 0.887. The third-order valence-electron chi connectivity index (χ3n) is 2.59. The molecule has 1 aromatic rings.